The lowest BCUT2D eigenvalue weighted by Crippen LogP contribution is -2.21. The van der Waals surface area contributed by atoms with Crippen LogP contribution < -0.4 is 0 Å². The zero-order valence-electron chi connectivity index (χ0n) is 18.3. The van der Waals surface area contributed by atoms with Crippen molar-refractivity contribution >= 4 is 17.5 Å². The van der Waals surface area contributed by atoms with Crippen molar-refractivity contribution in [3.05, 3.63) is 71.8 Å². The molecular formula is C24H29N5OS. The molecule has 162 valence electrons. The second kappa shape index (κ2) is 9.66. The summed E-state index contributed by atoms with van der Waals surface area (Å²) in [6.45, 7) is 11.5. The Hall–Kier alpha value is -2.64. The Morgan fingerprint density at radius 2 is 1.90 bits per heavy atom. The highest BCUT2D eigenvalue weighted by Gasteiger charge is 2.21. The van der Waals surface area contributed by atoms with E-state index in [1.54, 1.807) is 0 Å². The number of allylic oxidation sites excluding steroid dienone is 1. The number of para-hydroxylation sites is 1. The van der Waals surface area contributed by atoms with E-state index in [1.165, 1.54) is 24.6 Å². The number of hydrogen-bond donors (Lipinski definition) is 0. The van der Waals surface area contributed by atoms with Gasteiger partial charge in [-0.1, -0.05) is 36.0 Å². The zero-order valence-corrected chi connectivity index (χ0v) is 19.1. The molecule has 1 aliphatic rings. The summed E-state index contributed by atoms with van der Waals surface area (Å²) in [5.74, 6) is 1.36. The largest absolute Gasteiger partial charge is 0.345 e. The van der Waals surface area contributed by atoms with Crippen molar-refractivity contribution in [1.29, 1.82) is 0 Å². The van der Waals surface area contributed by atoms with Crippen LogP contribution in [0.4, 0.5) is 0 Å². The Bertz CT molecular complexity index is 1060. The molecule has 0 spiro atoms. The van der Waals surface area contributed by atoms with Crippen LogP contribution in [0.15, 0.2) is 54.2 Å². The van der Waals surface area contributed by atoms with E-state index in [1.807, 2.05) is 44.2 Å². The number of rotatable bonds is 9. The molecule has 3 aromatic rings. The van der Waals surface area contributed by atoms with Crippen LogP contribution in [0, 0.1) is 13.8 Å². The molecule has 0 radical (unpaired) electrons. The minimum absolute atomic E-state index is 0.108. The third-order valence-corrected chi connectivity index (χ3v) is 6.73. The van der Waals surface area contributed by atoms with Gasteiger partial charge in [0.25, 0.3) is 0 Å². The molecule has 1 saturated heterocycles. The summed E-state index contributed by atoms with van der Waals surface area (Å²) in [6, 6.07) is 12.1. The highest BCUT2D eigenvalue weighted by molar-refractivity contribution is 7.99. The summed E-state index contributed by atoms with van der Waals surface area (Å²) >= 11 is 1.45. The Morgan fingerprint density at radius 3 is 2.61 bits per heavy atom. The summed E-state index contributed by atoms with van der Waals surface area (Å²) in [6.07, 6.45) is 4.33. The van der Waals surface area contributed by atoms with Crippen molar-refractivity contribution in [1.82, 2.24) is 24.2 Å². The molecular weight excluding hydrogens is 406 g/mol. The van der Waals surface area contributed by atoms with Gasteiger partial charge in [-0.05, 0) is 58.0 Å². The first-order valence-electron chi connectivity index (χ1n) is 10.7. The maximum absolute atomic E-state index is 13.0. The van der Waals surface area contributed by atoms with Crippen molar-refractivity contribution < 1.29 is 4.79 Å². The minimum atomic E-state index is 0.108. The molecule has 0 unspecified atom stereocenters. The first-order chi connectivity index (χ1) is 15.1. The minimum Gasteiger partial charge on any atom is -0.345 e. The molecule has 1 fully saturated rings. The molecule has 2 aromatic heterocycles. The molecule has 6 nitrogen and oxygen atoms in total. The van der Waals surface area contributed by atoms with E-state index in [-0.39, 0.29) is 5.78 Å². The van der Waals surface area contributed by atoms with E-state index in [0.717, 1.165) is 53.3 Å². The quantitative estimate of drug-likeness (QED) is 0.282. The van der Waals surface area contributed by atoms with E-state index in [0.29, 0.717) is 12.3 Å². The number of nitrogens with zero attached hydrogens (tertiary/aromatic N) is 5. The summed E-state index contributed by atoms with van der Waals surface area (Å²) in [7, 11) is 0. The number of thioether (sulfide) groups is 1. The summed E-state index contributed by atoms with van der Waals surface area (Å²) in [4.78, 5) is 15.4. The first-order valence-corrected chi connectivity index (χ1v) is 11.7. The molecule has 1 aromatic carbocycles. The second-order valence-corrected chi connectivity index (χ2v) is 8.89. The third-order valence-electron chi connectivity index (χ3n) is 5.80. The van der Waals surface area contributed by atoms with Crippen LogP contribution >= 0.6 is 11.8 Å². The molecule has 0 bridgehead atoms. The molecule has 31 heavy (non-hydrogen) atoms. The van der Waals surface area contributed by atoms with E-state index in [2.05, 4.69) is 42.9 Å². The van der Waals surface area contributed by atoms with E-state index in [9.17, 15) is 4.79 Å². The van der Waals surface area contributed by atoms with Gasteiger partial charge in [-0.2, -0.15) is 0 Å². The van der Waals surface area contributed by atoms with Crippen LogP contribution in [0.2, 0.25) is 0 Å². The molecule has 3 heterocycles. The lowest BCUT2D eigenvalue weighted by atomic mass is 10.2. The normalized spacial score (nSPS) is 14.3. The van der Waals surface area contributed by atoms with Crippen molar-refractivity contribution in [2.45, 2.75) is 44.9 Å². The highest BCUT2D eigenvalue weighted by Crippen LogP contribution is 2.25. The number of aromatic nitrogens is 4. The van der Waals surface area contributed by atoms with Gasteiger partial charge in [0, 0.05) is 29.2 Å². The van der Waals surface area contributed by atoms with Gasteiger partial charge in [-0.3, -0.25) is 14.3 Å². The number of Topliss-reactive ketones (excluding diaryl/α,β-unsaturated/α-hetero) is 1. The molecule has 7 heteroatoms. The predicted octanol–water partition coefficient (Wildman–Crippen LogP) is 4.44. The fraction of sp³-hybridized carbons (Fsp3) is 0.375. The van der Waals surface area contributed by atoms with Crippen molar-refractivity contribution in [3.8, 4) is 5.69 Å². The summed E-state index contributed by atoms with van der Waals surface area (Å²) in [5.41, 5.74) is 3.86. The maximum atomic E-state index is 13.0. The molecule has 0 amide bonds. The number of aryl methyl sites for hydroxylation is 1. The van der Waals surface area contributed by atoms with Gasteiger partial charge in [0.05, 0.1) is 12.3 Å². The highest BCUT2D eigenvalue weighted by atomic mass is 32.2. The van der Waals surface area contributed by atoms with Gasteiger partial charge in [0.15, 0.2) is 16.8 Å². The average Bonchev–Trinajstić information content (AvgIpc) is 3.50. The zero-order chi connectivity index (χ0) is 21.8. The fourth-order valence-corrected chi connectivity index (χ4v) is 5.03. The molecule has 0 atom stereocenters. The van der Waals surface area contributed by atoms with Gasteiger partial charge in [0.2, 0.25) is 0 Å². The topological polar surface area (TPSA) is 56.0 Å². The lowest BCUT2D eigenvalue weighted by Gasteiger charge is -2.15. The van der Waals surface area contributed by atoms with Crippen LogP contribution in [0.5, 0.6) is 0 Å². The Labute approximate surface area is 188 Å². The number of likely N-dealkylation sites (tertiary alicyclic amines) is 1. The Morgan fingerprint density at radius 1 is 1.16 bits per heavy atom. The second-order valence-electron chi connectivity index (χ2n) is 7.95. The summed E-state index contributed by atoms with van der Waals surface area (Å²) in [5, 5.41) is 9.70. The van der Waals surface area contributed by atoms with Crippen LogP contribution in [0.3, 0.4) is 0 Å². The third kappa shape index (κ3) is 4.67. The lowest BCUT2D eigenvalue weighted by molar-refractivity contribution is 0.102. The van der Waals surface area contributed by atoms with E-state index in [4.69, 9.17) is 0 Å². The Balaban J connectivity index is 1.56. The van der Waals surface area contributed by atoms with Crippen LogP contribution in [0.25, 0.3) is 5.69 Å². The number of ketones is 1. The number of benzene rings is 1. The molecule has 0 N–H and O–H groups in total. The summed E-state index contributed by atoms with van der Waals surface area (Å²) < 4.78 is 4.21. The van der Waals surface area contributed by atoms with E-state index < -0.39 is 0 Å². The number of carbonyl (C=O) groups is 1. The van der Waals surface area contributed by atoms with Crippen molar-refractivity contribution in [2.75, 3.05) is 18.8 Å². The Kier molecular flexibility index (Phi) is 6.73. The van der Waals surface area contributed by atoms with Crippen molar-refractivity contribution in [2.24, 2.45) is 0 Å². The molecule has 0 aliphatic carbocycles. The van der Waals surface area contributed by atoms with E-state index >= 15 is 0 Å². The monoisotopic (exact) mass is 435 g/mol. The van der Waals surface area contributed by atoms with Gasteiger partial charge < -0.3 is 4.57 Å². The number of hydrogen-bond acceptors (Lipinski definition) is 5. The van der Waals surface area contributed by atoms with Crippen LogP contribution in [-0.4, -0.2) is 48.9 Å². The standard InChI is InChI=1S/C24H29N5OS/c1-4-12-28-18(2)15-21(19(28)3)22(30)17-31-24-26-25-23(16-27-13-8-9-14-27)29(24)20-10-6-5-7-11-20/h4-7,10-11,15H,1,8-9,12-14,16-17H2,2-3H3. The molecule has 1 aliphatic heterocycles. The fourth-order valence-electron chi connectivity index (χ4n) is 4.17. The maximum Gasteiger partial charge on any atom is 0.196 e. The van der Waals surface area contributed by atoms with Gasteiger partial charge in [-0.25, -0.2) is 0 Å². The predicted molar refractivity (Wildman–Crippen MR) is 125 cm³/mol. The van der Waals surface area contributed by atoms with Crippen LogP contribution in [0.1, 0.15) is 40.4 Å². The van der Waals surface area contributed by atoms with Crippen LogP contribution in [-0.2, 0) is 13.1 Å². The molecule has 4 rings (SSSR count). The smallest absolute Gasteiger partial charge is 0.196 e. The van der Waals surface area contributed by atoms with Gasteiger partial charge in [-0.15, -0.1) is 16.8 Å². The van der Waals surface area contributed by atoms with Crippen molar-refractivity contribution in [3.63, 3.8) is 0 Å². The number of carbonyl (C=O) groups excluding carboxylic acids is 1. The van der Waals surface area contributed by atoms with Gasteiger partial charge >= 0.3 is 0 Å². The SMILES string of the molecule is C=CCn1c(C)cc(C(=O)CSc2nnc(CN3CCCC3)n2-c2ccccc2)c1C. The first kappa shape index (κ1) is 21.6. The molecule has 0 saturated carbocycles. The van der Waals surface area contributed by atoms with Gasteiger partial charge in [0.1, 0.15) is 0 Å². The average molecular weight is 436 g/mol.